The lowest BCUT2D eigenvalue weighted by Crippen LogP contribution is -2.15. The summed E-state index contributed by atoms with van der Waals surface area (Å²) in [4.78, 5) is 0. The number of aliphatic hydroxyl groups is 1. The third-order valence-electron chi connectivity index (χ3n) is 2.52. The van der Waals surface area contributed by atoms with Gasteiger partial charge in [0.15, 0.2) is 0 Å². The van der Waals surface area contributed by atoms with E-state index in [4.69, 9.17) is 5.73 Å². The van der Waals surface area contributed by atoms with Crippen molar-refractivity contribution in [1.82, 2.24) is 0 Å². The largest absolute Gasteiger partial charge is 0.506 e. The van der Waals surface area contributed by atoms with Crippen LogP contribution in [0.15, 0.2) is 18.2 Å². The smallest absolute Gasteiger partial charge is 0.139 e. The van der Waals surface area contributed by atoms with E-state index in [1.165, 1.54) is 0 Å². The molecule has 1 aliphatic heterocycles. The Bertz CT molecular complexity index is 402. The van der Waals surface area contributed by atoms with Crippen molar-refractivity contribution < 1.29 is 10.2 Å². The lowest BCUT2D eigenvalue weighted by molar-refractivity contribution is 0.186. The number of aromatic hydroxyl groups is 1. The van der Waals surface area contributed by atoms with Crippen LogP contribution in [0.1, 0.15) is 17.2 Å². The molecule has 0 saturated heterocycles. The van der Waals surface area contributed by atoms with Crippen molar-refractivity contribution in [2.45, 2.75) is 6.10 Å². The molecule has 1 atom stereocenters. The Morgan fingerprint density at radius 3 is 3.00 bits per heavy atom. The summed E-state index contributed by atoms with van der Waals surface area (Å²) < 4.78 is 0. The molecule has 0 spiro atoms. The van der Waals surface area contributed by atoms with E-state index in [2.05, 4.69) is 5.32 Å². The number of fused-ring (bicyclic) bond motifs is 1. The summed E-state index contributed by atoms with van der Waals surface area (Å²) in [6, 6.07) is 3.27. The zero-order valence-electron chi connectivity index (χ0n) is 8.27. The van der Waals surface area contributed by atoms with Gasteiger partial charge in [-0.3, -0.25) is 0 Å². The highest BCUT2D eigenvalue weighted by Gasteiger charge is 2.17. The van der Waals surface area contributed by atoms with Crippen LogP contribution in [-0.4, -0.2) is 23.3 Å². The molecule has 4 nitrogen and oxygen atoms in total. The number of phenolic OH excluding ortho intramolecular Hbond substituents is 1. The first kappa shape index (κ1) is 10.0. The predicted octanol–water partition coefficient (Wildman–Crippen LogP) is 0.823. The summed E-state index contributed by atoms with van der Waals surface area (Å²) >= 11 is 0. The maximum Gasteiger partial charge on any atom is 0.139 e. The van der Waals surface area contributed by atoms with Gasteiger partial charge in [0.1, 0.15) is 5.75 Å². The number of phenols is 1. The van der Waals surface area contributed by atoms with Gasteiger partial charge in [0.05, 0.1) is 11.8 Å². The fourth-order valence-corrected chi connectivity index (χ4v) is 1.74. The molecule has 0 aliphatic carbocycles. The lowest BCUT2D eigenvalue weighted by Gasteiger charge is -2.20. The molecule has 2 rings (SSSR count). The second kappa shape index (κ2) is 3.92. The first-order valence-corrected chi connectivity index (χ1v) is 4.88. The molecule has 1 unspecified atom stereocenters. The number of aliphatic hydroxyl groups excluding tert-OH is 1. The molecule has 4 heteroatoms. The number of hydrogen-bond donors (Lipinski definition) is 4. The van der Waals surface area contributed by atoms with Crippen molar-refractivity contribution in [3.8, 4) is 5.75 Å². The predicted molar refractivity (Wildman–Crippen MR) is 59.6 cm³/mol. The summed E-state index contributed by atoms with van der Waals surface area (Å²) in [5.74, 6) is 0.197. The molecule has 15 heavy (non-hydrogen) atoms. The molecular weight excluding hydrogens is 192 g/mol. The number of hydrogen-bond acceptors (Lipinski definition) is 4. The minimum Gasteiger partial charge on any atom is -0.506 e. The summed E-state index contributed by atoms with van der Waals surface area (Å²) in [6.45, 7) is 0.855. The zero-order valence-corrected chi connectivity index (χ0v) is 8.27. The Kier molecular flexibility index (Phi) is 2.62. The first-order valence-electron chi connectivity index (χ1n) is 4.88. The van der Waals surface area contributed by atoms with Crippen LogP contribution >= 0.6 is 0 Å². The molecule has 0 bridgehead atoms. The van der Waals surface area contributed by atoms with Crippen molar-refractivity contribution in [2.24, 2.45) is 5.73 Å². The average molecular weight is 206 g/mol. The van der Waals surface area contributed by atoms with Crippen molar-refractivity contribution in [1.29, 1.82) is 0 Å². The molecule has 0 fully saturated rings. The first-order chi connectivity index (χ1) is 7.24. The molecule has 0 saturated carbocycles. The van der Waals surface area contributed by atoms with E-state index in [-0.39, 0.29) is 12.3 Å². The van der Waals surface area contributed by atoms with Gasteiger partial charge in [-0.05, 0) is 11.6 Å². The van der Waals surface area contributed by atoms with Gasteiger partial charge in [0.25, 0.3) is 0 Å². The van der Waals surface area contributed by atoms with Gasteiger partial charge in [-0.2, -0.15) is 0 Å². The molecular formula is C11H14N2O2. The summed E-state index contributed by atoms with van der Waals surface area (Å²) in [5, 5.41) is 22.4. The topological polar surface area (TPSA) is 78.5 Å². The third-order valence-corrected chi connectivity index (χ3v) is 2.52. The monoisotopic (exact) mass is 206 g/mol. The molecule has 80 valence electrons. The average Bonchev–Trinajstić information content (AvgIpc) is 2.29. The van der Waals surface area contributed by atoms with Gasteiger partial charge in [0.2, 0.25) is 0 Å². The molecule has 1 aliphatic rings. The highest BCUT2D eigenvalue weighted by atomic mass is 16.3. The Morgan fingerprint density at radius 1 is 1.47 bits per heavy atom. The number of anilines is 1. The standard InChI is InChI=1S/C11H14N2O2/c12-6-10(15)7-3-4-9(14)11-8(7)2-1-5-13-11/h1-4,10,13-15H,5-6,12H2. The Labute approximate surface area is 88.0 Å². The number of nitrogens with one attached hydrogen (secondary N) is 1. The fourth-order valence-electron chi connectivity index (χ4n) is 1.74. The van der Waals surface area contributed by atoms with E-state index in [0.29, 0.717) is 12.2 Å². The van der Waals surface area contributed by atoms with Crippen LogP contribution in [0.25, 0.3) is 6.08 Å². The zero-order chi connectivity index (χ0) is 10.8. The van der Waals surface area contributed by atoms with Gasteiger partial charge in [-0.15, -0.1) is 0 Å². The molecule has 5 N–H and O–H groups in total. The van der Waals surface area contributed by atoms with Crippen LogP contribution < -0.4 is 11.1 Å². The summed E-state index contributed by atoms with van der Waals surface area (Å²) in [7, 11) is 0. The van der Waals surface area contributed by atoms with Crippen molar-refractivity contribution >= 4 is 11.8 Å². The van der Waals surface area contributed by atoms with Gasteiger partial charge in [-0.25, -0.2) is 0 Å². The summed E-state index contributed by atoms with van der Waals surface area (Å²) in [5.41, 5.74) is 7.65. The molecule has 1 heterocycles. The van der Waals surface area contributed by atoms with E-state index in [9.17, 15) is 10.2 Å². The van der Waals surface area contributed by atoms with E-state index < -0.39 is 6.10 Å². The fraction of sp³-hybridized carbons (Fsp3) is 0.273. The summed E-state index contributed by atoms with van der Waals surface area (Å²) in [6.07, 6.45) is 3.14. The Balaban J connectivity index is 2.54. The van der Waals surface area contributed by atoms with Crippen LogP contribution in [0.3, 0.4) is 0 Å². The van der Waals surface area contributed by atoms with E-state index in [1.807, 2.05) is 12.2 Å². The maximum atomic E-state index is 9.71. The maximum absolute atomic E-state index is 9.71. The second-order valence-electron chi connectivity index (χ2n) is 3.50. The van der Waals surface area contributed by atoms with E-state index in [0.717, 1.165) is 11.1 Å². The normalized spacial score (nSPS) is 15.6. The molecule has 1 aromatic carbocycles. The minimum atomic E-state index is -0.691. The molecule has 0 aromatic heterocycles. The lowest BCUT2D eigenvalue weighted by atomic mass is 9.97. The van der Waals surface area contributed by atoms with Gasteiger partial charge in [-0.1, -0.05) is 18.2 Å². The molecule has 1 aromatic rings. The quantitative estimate of drug-likeness (QED) is 0.540. The number of rotatable bonds is 2. The van der Waals surface area contributed by atoms with Crippen LogP contribution in [0, 0.1) is 0 Å². The number of benzene rings is 1. The van der Waals surface area contributed by atoms with Crippen molar-refractivity contribution in [2.75, 3.05) is 18.4 Å². The Morgan fingerprint density at radius 2 is 2.27 bits per heavy atom. The van der Waals surface area contributed by atoms with E-state index in [1.54, 1.807) is 12.1 Å². The van der Waals surface area contributed by atoms with Crippen molar-refractivity contribution in [3.05, 3.63) is 29.3 Å². The SMILES string of the molecule is NCC(O)c1ccc(O)c2c1C=CCN2. The van der Waals surface area contributed by atoms with Crippen molar-refractivity contribution in [3.63, 3.8) is 0 Å². The van der Waals surface area contributed by atoms with Gasteiger partial charge >= 0.3 is 0 Å². The minimum absolute atomic E-state index is 0.172. The van der Waals surface area contributed by atoms with Crippen LogP contribution in [0.4, 0.5) is 5.69 Å². The van der Waals surface area contributed by atoms with Gasteiger partial charge in [0, 0.05) is 18.7 Å². The third kappa shape index (κ3) is 1.69. The highest BCUT2D eigenvalue weighted by molar-refractivity contribution is 5.77. The van der Waals surface area contributed by atoms with Crippen LogP contribution in [0.5, 0.6) is 5.75 Å². The molecule has 0 radical (unpaired) electrons. The highest BCUT2D eigenvalue weighted by Crippen LogP contribution is 2.35. The molecule has 0 amide bonds. The Hall–Kier alpha value is -1.52. The van der Waals surface area contributed by atoms with Crippen LogP contribution in [0.2, 0.25) is 0 Å². The second-order valence-corrected chi connectivity index (χ2v) is 3.50. The van der Waals surface area contributed by atoms with Crippen LogP contribution in [-0.2, 0) is 0 Å². The number of nitrogens with two attached hydrogens (primary N) is 1. The van der Waals surface area contributed by atoms with E-state index >= 15 is 0 Å². The van der Waals surface area contributed by atoms with Gasteiger partial charge < -0.3 is 21.3 Å².